The number of carbonyl (C=O) groups excluding carboxylic acids is 2. The first-order chi connectivity index (χ1) is 13.8. The first-order valence-electron chi connectivity index (χ1n) is 10.3. The minimum absolute atomic E-state index is 0.0228. The van der Waals surface area contributed by atoms with E-state index >= 15 is 0 Å². The van der Waals surface area contributed by atoms with Crippen molar-refractivity contribution in [2.24, 2.45) is 0 Å². The fourth-order valence-corrected chi connectivity index (χ4v) is 3.44. The number of ketones is 1. The Balaban J connectivity index is 1.52. The molecule has 0 saturated carbocycles. The van der Waals surface area contributed by atoms with Gasteiger partial charge in [-0.2, -0.15) is 0 Å². The molecule has 1 aliphatic rings. The van der Waals surface area contributed by atoms with E-state index in [1.165, 1.54) is 0 Å². The van der Waals surface area contributed by atoms with Crippen LogP contribution in [0.2, 0.25) is 0 Å². The zero-order valence-corrected chi connectivity index (χ0v) is 17.8. The molecule has 0 aliphatic carbocycles. The molecule has 0 radical (unpaired) electrons. The van der Waals surface area contributed by atoms with Crippen LogP contribution in [0.5, 0.6) is 0 Å². The molecule has 1 aromatic heterocycles. The topological polar surface area (TPSA) is 66.4 Å². The van der Waals surface area contributed by atoms with Crippen molar-refractivity contribution in [3.63, 3.8) is 0 Å². The lowest BCUT2D eigenvalue weighted by Gasteiger charge is -2.35. The highest BCUT2D eigenvalue weighted by molar-refractivity contribution is 5.98. The molecule has 3 rings (SSSR count). The molecule has 29 heavy (non-hydrogen) atoms. The largest absolute Gasteiger partial charge is 0.353 e. The number of piperazine rings is 1. The van der Waals surface area contributed by atoms with E-state index in [2.05, 4.69) is 23.7 Å². The predicted molar refractivity (Wildman–Crippen MR) is 114 cm³/mol. The van der Waals surface area contributed by atoms with E-state index in [1.807, 2.05) is 49.1 Å². The zero-order valence-electron chi connectivity index (χ0n) is 17.8. The Hall–Kier alpha value is -2.76. The first kappa shape index (κ1) is 21.0. The van der Waals surface area contributed by atoms with Crippen LogP contribution in [0, 0.1) is 13.8 Å². The third kappa shape index (κ3) is 5.40. The van der Waals surface area contributed by atoms with Crippen molar-refractivity contribution in [2.75, 3.05) is 31.1 Å². The van der Waals surface area contributed by atoms with Crippen molar-refractivity contribution < 1.29 is 9.59 Å². The van der Waals surface area contributed by atoms with Gasteiger partial charge in [0.25, 0.3) is 0 Å². The van der Waals surface area contributed by atoms with Crippen LogP contribution < -0.4 is 4.90 Å². The van der Waals surface area contributed by atoms with E-state index in [1.54, 1.807) is 0 Å². The van der Waals surface area contributed by atoms with Crippen molar-refractivity contribution >= 4 is 17.5 Å². The molecule has 6 heteroatoms. The molecule has 2 heterocycles. The van der Waals surface area contributed by atoms with Gasteiger partial charge in [0.2, 0.25) is 5.91 Å². The Morgan fingerprint density at radius 1 is 0.966 bits per heavy atom. The summed E-state index contributed by atoms with van der Waals surface area (Å²) in [5, 5.41) is 0. The Kier molecular flexibility index (Phi) is 6.62. The molecule has 6 nitrogen and oxygen atoms in total. The molecule has 1 saturated heterocycles. The quantitative estimate of drug-likeness (QED) is 0.701. The molecule has 1 aromatic carbocycles. The van der Waals surface area contributed by atoms with Gasteiger partial charge in [-0.3, -0.25) is 9.59 Å². The summed E-state index contributed by atoms with van der Waals surface area (Å²) < 4.78 is 0. The molecule has 0 bridgehead atoms. The standard InChI is InChI=1S/C23H30N4O2/c1-16(2)23-24-18(4)15-21(25-23)26-11-13-27(14-12-26)22(29)10-9-20(28)19-7-5-17(3)6-8-19/h5-8,15-16H,9-14H2,1-4H3. The van der Waals surface area contributed by atoms with E-state index < -0.39 is 0 Å². The van der Waals surface area contributed by atoms with Crippen LogP contribution in [0.25, 0.3) is 0 Å². The smallest absolute Gasteiger partial charge is 0.223 e. The summed E-state index contributed by atoms with van der Waals surface area (Å²) in [7, 11) is 0. The summed E-state index contributed by atoms with van der Waals surface area (Å²) in [5.74, 6) is 2.14. The number of hydrogen-bond acceptors (Lipinski definition) is 5. The Morgan fingerprint density at radius 3 is 2.24 bits per heavy atom. The van der Waals surface area contributed by atoms with Gasteiger partial charge in [-0.15, -0.1) is 0 Å². The summed E-state index contributed by atoms with van der Waals surface area (Å²) in [5.41, 5.74) is 2.76. The Bertz CT molecular complexity index is 869. The van der Waals surface area contributed by atoms with Crippen LogP contribution in [0.4, 0.5) is 5.82 Å². The molecule has 2 aromatic rings. The maximum Gasteiger partial charge on any atom is 0.223 e. The normalized spacial score (nSPS) is 14.4. The monoisotopic (exact) mass is 394 g/mol. The van der Waals surface area contributed by atoms with E-state index in [0.717, 1.165) is 36.0 Å². The van der Waals surface area contributed by atoms with Gasteiger partial charge in [-0.1, -0.05) is 43.7 Å². The van der Waals surface area contributed by atoms with E-state index in [4.69, 9.17) is 4.98 Å². The Morgan fingerprint density at radius 2 is 1.62 bits per heavy atom. The number of Topliss-reactive ketones (excluding diaryl/α,β-unsaturated/α-hetero) is 1. The van der Waals surface area contributed by atoms with Crippen LogP contribution in [-0.2, 0) is 4.79 Å². The zero-order chi connectivity index (χ0) is 21.0. The molecule has 0 N–H and O–H groups in total. The predicted octanol–water partition coefficient (Wildman–Crippen LogP) is 3.53. The van der Waals surface area contributed by atoms with Crippen LogP contribution in [0.3, 0.4) is 0 Å². The summed E-state index contributed by atoms with van der Waals surface area (Å²) in [6, 6.07) is 9.51. The fraction of sp³-hybridized carbons (Fsp3) is 0.478. The van der Waals surface area contributed by atoms with Gasteiger partial charge in [-0.25, -0.2) is 9.97 Å². The second-order valence-corrected chi connectivity index (χ2v) is 8.04. The number of benzene rings is 1. The summed E-state index contributed by atoms with van der Waals surface area (Å²) in [6.45, 7) is 10.9. The van der Waals surface area contributed by atoms with Gasteiger partial charge in [0.05, 0.1) is 0 Å². The van der Waals surface area contributed by atoms with Gasteiger partial charge in [0, 0.05) is 62.3 Å². The second-order valence-electron chi connectivity index (χ2n) is 8.04. The second kappa shape index (κ2) is 9.16. The fourth-order valence-electron chi connectivity index (χ4n) is 3.44. The SMILES string of the molecule is Cc1ccc(C(=O)CCC(=O)N2CCN(c3cc(C)nc(C(C)C)n3)CC2)cc1. The number of carbonyl (C=O) groups is 2. The number of hydrogen-bond donors (Lipinski definition) is 0. The highest BCUT2D eigenvalue weighted by atomic mass is 16.2. The van der Waals surface area contributed by atoms with Crippen molar-refractivity contribution in [3.8, 4) is 0 Å². The minimum atomic E-state index is 0.0228. The van der Waals surface area contributed by atoms with Crippen molar-refractivity contribution in [1.82, 2.24) is 14.9 Å². The highest BCUT2D eigenvalue weighted by Gasteiger charge is 2.23. The van der Waals surface area contributed by atoms with E-state index in [0.29, 0.717) is 18.7 Å². The molecular weight excluding hydrogens is 364 g/mol. The average Bonchev–Trinajstić information content (AvgIpc) is 2.72. The van der Waals surface area contributed by atoms with Gasteiger partial charge < -0.3 is 9.80 Å². The third-order valence-electron chi connectivity index (χ3n) is 5.27. The number of rotatable bonds is 6. The highest BCUT2D eigenvalue weighted by Crippen LogP contribution is 2.19. The molecular formula is C23H30N4O2. The lowest BCUT2D eigenvalue weighted by molar-refractivity contribution is -0.131. The summed E-state index contributed by atoms with van der Waals surface area (Å²) in [4.78, 5) is 38.1. The van der Waals surface area contributed by atoms with Crippen molar-refractivity contribution in [2.45, 2.75) is 46.5 Å². The van der Waals surface area contributed by atoms with Gasteiger partial charge in [0.1, 0.15) is 11.6 Å². The number of amides is 1. The molecule has 1 fully saturated rings. The molecule has 1 amide bonds. The average molecular weight is 395 g/mol. The van der Waals surface area contributed by atoms with Crippen LogP contribution in [-0.4, -0.2) is 52.7 Å². The maximum absolute atomic E-state index is 12.6. The van der Waals surface area contributed by atoms with Crippen molar-refractivity contribution in [1.29, 1.82) is 0 Å². The lowest BCUT2D eigenvalue weighted by Crippen LogP contribution is -2.49. The summed E-state index contributed by atoms with van der Waals surface area (Å²) in [6.07, 6.45) is 0.516. The lowest BCUT2D eigenvalue weighted by atomic mass is 10.0. The van der Waals surface area contributed by atoms with Crippen LogP contribution >= 0.6 is 0 Å². The molecule has 0 unspecified atom stereocenters. The number of anilines is 1. The minimum Gasteiger partial charge on any atom is -0.353 e. The van der Waals surface area contributed by atoms with E-state index in [9.17, 15) is 9.59 Å². The number of nitrogens with zero attached hydrogens (tertiary/aromatic N) is 4. The van der Waals surface area contributed by atoms with Gasteiger partial charge in [-0.05, 0) is 13.8 Å². The first-order valence-corrected chi connectivity index (χ1v) is 10.3. The number of aryl methyl sites for hydroxylation is 2. The number of aromatic nitrogens is 2. The molecule has 1 aliphatic heterocycles. The Labute approximate surface area is 173 Å². The molecule has 0 atom stereocenters. The van der Waals surface area contributed by atoms with Crippen LogP contribution in [0.15, 0.2) is 30.3 Å². The molecule has 154 valence electrons. The van der Waals surface area contributed by atoms with Crippen molar-refractivity contribution in [3.05, 3.63) is 53.0 Å². The van der Waals surface area contributed by atoms with Crippen LogP contribution in [0.1, 0.15) is 60.0 Å². The van der Waals surface area contributed by atoms with Gasteiger partial charge in [0.15, 0.2) is 5.78 Å². The maximum atomic E-state index is 12.6. The summed E-state index contributed by atoms with van der Waals surface area (Å²) >= 11 is 0. The van der Waals surface area contributed by atoms with Gasteiger partial charge >= 0.3 is 0 Å². The third-order valence-corrected chi connectivity index (χ3v) is 5.27. The molecule has 0 spiro atoms. The van der Waals surface area contributed by atoms with E-state index in [-0.39, 0.29) is 30.4 Å².